The lowest BCUT2D eigenvalue weighted by Gasteiger charge is -2.55. The maximum atomic E-state index is 12.9. The van der Waals surface area contributed by atoms with Crippen LogP contribution in [0.15, 0.2) is 33.9 Å². The Bertz CT molecular complexity index is 958. The zero-order chi connectivity index (χ0) is 22.1. The summed E-state index contributed by atoms with van der Waals surface area (Å²) in [6.45, 7) is 0.917. The van der Waals surface area contributed by atoms with Gasteiger partial charge in [0.2, 0.25) is 0 Å². The number of rotatable bonds is 7. The van der Waals surface area contributed by atoms with E-state index in [1.54, 1.807) is 17.5 Å². The zero-order valence-electron chi connectivity index (χ0n) is 15.8. The normalized spacial score (nSPS) is 23.5. The Morgan fingerprint density at radius 1 is 1.43 bits per heavy atom. The van der Waals surface area contributed by atoms with E-state index >= 15 is 0 Å². The van der Waals surface area contributed by atoms with Crippen LogP contribution in [0.4, 0.5) is 0 Å². The van der Waals surface area contributed by atoms with Gasteiger partial charge in [-0.1, -0.05) is 11.2 Å². The summed E-state index contributed by atoms with van der Waals surface area (Å²) in [5.74, 6) is -3.49. The second kappa shape index (κ2) is 8.45. The molecule has 0 radical (unpaired) electrons. The number of esters is 1. The predicted molar refractivity (Wildman–Crippen MR) is 105 cm³/mol. The summed E-state index contributed by atoms with van der Waals surface area (Å²) >= 11 is 2.30. The van der Waals surface area contributed by atoms with Crippen molar-refractivity contribution in [1.29, 1.82) is 0 Å². The van der Waals surface area contributed by atoms with Crippen molar-refractivity contribution in [3.8, 4) is 0 Å². The van der Waals surface area contributed by atoms with Crippen LogP contribution in [-0.2, 0) is 28.7 Å². The van der Waals surface area contributed by atoms with Gasteiger partial charge in [0, 0.05) is 25.4 Å². The van der Waals surface area contributed by atoms with Gasteiger partial charge in [0.1, 0.15) is 17.7 Å². The predicted octanol–water partition coefficient (Wildman–Crippen LogP) is 0.202. The minimum atomic E-state index is -1.84. The van der Waals surface area contributed by atoms with Crippen LogP contribution in [0.2, 0.25) is 0 Å². The third kappa shape index (κ3) is 3.55. The van der Waals surface area contributed by atoms with E-state index in [0.717, 1.165) is 28.0 Å². The lowest BCUT2D eigenvalue weighted by Crippen LogP contribution is -2.81. The van der Waals surface area contributed by atoms with Gasteiger partial charge in [0.25, 0.3) is 17.5 Å². The Kier molecular flexibility index (Phi) is 6.14. The van der Waals surface area contributed by atoms with E-state index in [1.165, 1.54) is 14.0 Å². The molecule has 0 saturated carbocycles. The number of aliphatic carboxylic acids is 1. The first kappa shape index (κ1) is 21.8. The molecule has 2 aliphatic rings. The lowest BCUT2D eigenvalue weighted by molar-refractivity contribution is -0.191. The molecule has 160 valence electrons. The molecule has 30 heavy (non-hydrogen) atoms. The van der Waals surface area contributed by atoms with Crippen molar-refractivity contribution in [2.45, 2.75) is 18.0 Å². The van der Waals surface area contributed by atoms with E-state index < -0.39 is 34.9 Å². The first-order valence-electron chi connectivity index (χ1n) is 8.44. The van der Waals surface area contributed by atoms with Gasteiger partial charge >= 0.3 is 11.9 Å². The van der Waals surface area contributed by atoms with Crippen LogP contribution >= 0.6 is 23.1 Å². The molecule has 1 aromatic rings. The van der Waals surface area contributed by atoms with Crippen LogP contribution in [0.25, 0.3) is 0 Å². The number of carbonyl (C=O) groups is 4. The zero-order valence-corrected chi connectivity index (χ0v) is 17.4. The molecular formula is C17H17N3O8S2. The number of β-lactam (4-membered cyclic amide) rings is 1. The molecule has 0 aromatic carbocycles. The smallest absolute Gasteiger partial charge is 0.352 e. The summed E-state index contributed by atoms with van der Waals surface area (Å²) in [4.78, 5) is 49.8. The Labute approximate surface area is 178 Å². The molecule has 1 fully saturated rings. The van der Waals surface area contributed by atoms with Gasteiger partial charge in [-0.05, 0) is 11.4 Å². The molecule has 0 aliphatic carbocycles. The standard InChI is InChI=1S/C17H17N3O8S2/c1-8(21)28-6-9-7-30-16-17(27-2,15(25)20(16)12(9)14(23)24)18-13(22)11(19-26)10-4-3-5-29-10/h3-5,16,26H,6-7H2,1-2H3,(H,18,22)(H,23,24)/b19-11+/t16-,17+/m1/s1. The van der Waals surface area contributed by atoms with Gasteiger partial charge in [0.15, 0.2) is 5.71 Å². The third-order valence-electron chi connectivity index (χ3n) is 4.45. The van der Waals surface area contributed by atoms with Crippen molar-refractivity contribution in [2.24, 2.45) is 5.16 Å². The molecule has 0 bridgehead atoms. The van der Waals surface area contributed by atoms with E-state index in [2.05, 4.69) is 10.5 Å². The topological polar surface area (TPSA) is 155 Å². The van der Waals surface area contributed by atoms with Gasteiger partial charge in [0.05, 0.1) is 4.88 Å². The summed E-state index contributed by atoms with van der Waals surface area (Å²) in [5.41, 5.74) is -2.22. The van der Waals surface area contributed by atoms with Gasteiger partial charge in [-0.15, -0.1) is 23.1 Å². The van der Waals surface area contributed by atoms with Crippen molar-refractivity contribution in [1.82, 2.24) is 10.2 Å². The Hall–Kier alpha value is -2.90. The average molecular weight is 455 g/mol. The quantitative estimate of drug-likeness (QED) is 0.131. The maximum Gasteiger partial charge on any atom is 0.352 e. The Balaban J connectivity index is 1.88. The van der Waals surface area contributed by atoms with E-state index in [4.69, 9.17) is 9.47 Å². The molecule has 0 unspecified atom stereocenters. The molecule has 0 spiro atoms. The number of amides is 2. The highest BCUT2D eigenvalue weighted by molar-refractivity contribution is 8.00. The highest BCUT2D eigenvalue weighted by Crippen LogP contribution is 2.46. The molecule has 2 atom stereocenters. The van der Waals surface area contributed by atoms with Crippen LogP contribution in [0, 0.1) is 0 Å². The second-order valence-electron chi connectivity index (χ2n) is 6.20. The minimum Gasteiger partial charge on any atom is -0.477 e. The van der Waals surface area contributed by atoms with E-state index in [-0.39, 0.29) is 29.3 Å². The van der Waals surface area contributed by atoms with Crippen molar-refractivity contribution in [3.63, 3.8) is 0 Å². The van der Waals surface area contributed by atoms with Gasteiger partial charge in [-0.3, -0.25) is 19.3 Å². The van der Waals surface area contributed by atoms with Crippen molar-refractivity contribution >= 4 is 52.6 Å². The Morgan fingerprint density at radius 3 is 2.70 bits per heavy atom. The van der Waals surface area contributed by atoms with Crippen molar-refractivity contribution < 1.29 is 39.0 Å². The largest absolute Gasteiger partial charge is 0.477 e. The summed E-state index contributed by atoms with van der Waals surface area (Å²) in [6.07, 6.45) is 0. The molecule has 3 heterocycles. The monoisotopic (exact) mass is 455 g/mol. The minimum absolute atomic E-state index is 0.135. The molecular weight excluding hydrogens is 438 g/mol. The number of nitrogens with one attached hydrogen (secondary N) is 1. The number of thiophene rings is 1. The van der Waals surface area contributed by atoms with Gasteiger partial charge in [-0.25, -0.2) is 4.79 Å². The molecule has 3 N–H and O–H groups in total. The average Bonchev–Trinajstić information content (AvgIpc) is 3.24. The summed E-state index contributed by atoms with van der Waals surface area (Å²) in [5, 5.41) is 25.1. The van der Waals surface area contributed by atoms with Crippen LogP contribution < -0.4 is 5.32 Å². The lowest BCUT2D eigenvalue weighted by atomic mass is 9.98. The molecule has 11 nitrogen and oxygen atoms in total. The van der Waals surface area contributed by atoms with Crippen LogP contribution in [0.3, 0.4) is 0 Å². The first-order chi connectivity index (χ1) is 14.3. The van der Waals surface area contributed by atoms with E-state index in [0.29, 0.717) is 4.88 Å². The number of fused-ring (bicyclic) bond motifs is 1. The molecule has 2 aliphatic heterocycles. The summed E-state index contributed by atoms with van der Waals surface area (Å²) < 4.78 is 10.2. The number of methoxy groups -OCH3 is 1. The molecule has 3 rings (SSSR count). The van der Waals surface area contributed by atoms with Gasteiger partial charge < -0.3 is 25.1 Å². The molecule has 1 aromatic heterocycles. The number of hydrogen-bond donors (Lipinski definition) is 3. The summed E-state index contributed by atoms with van der Waals surface area (Å²) in [7, 11) is 1.20. The molecule has 1 saturated heterocycles. The van der Waals surface area contributed by atoms with Crippen LogP contribution in [0.5, 0.6) is 0 Å². The molecule has 2 amide bonds. The van der Waals surface area contributed by atoms with Crippen LogP contribution in [-0.4, -0.2) is 75.2 Å². The fourth-order valence-corrected chi connectivity index (χ4v) is 5.22. The van der Waals surface area contributed by atoms with Crippen LogP contribution in [0.1, 0.15) is 11.8 Å². The number of carboxylic acids is 1. The number of thioether (sulfide) groups is 1. The maximum absolute atomic E-state index is 12.9. The number of hydrogen-bond acceptors (Lipinski definition) is 10. The van der Waals surface area contributed by atoms with Crippen molar-refractivity contribution in [3.05, 3.63) is 33.7 Å². The SMILES string of the molecule is CO[C@@]1(NC(=O)/C(=N/O)c2cccs2)C(=O)N2C(C(=O)O)=C(COC(C)=O)CS[C@@H]21. The number of carboxylic acid groups (broad SMARTS) is 1. The number of nitrogens with zero attached hydrogens (tertiary/aromatic N) is 2. The molecule has 13 heteroatoms. The fraction of sp³-hybridized carbons (Fsp3) is 0.353. The fourth-order valence-electron chi connectivity index (χ4n) is 3.09. The Morgan fingerprint density at radius 2 is 2.17 bits per heavy atom. The van der Waals surface area contributed by atoms with E-state index in [9.17, 15) is 29.5 Å². The first-order valence-corrected chi connectivity index (χ1v) is 10.4. The summed E-state index contributed by atoms with van der Waals surface area (Å²) in [6, 6.07) is 3.22. The number of ether oxygens (including phenoxy) is 2. The second-order valence-corrected chi connectivity index (χ2v) is 8.21. The third-order valence-corrected chi connectivity index (χ3v) is 6.70. The van der Waals surface area contributed by atoms with Crippen molar-refractivity contribution in [2.75, 3.05) is 19.5 Å². The highest BCUT2D eigenvalue weighted by atomic mass is 32.2. The number of carbonyl (C=O) groups excluding carboxylic acids is 3. The number of oxime groups is 1. The van der Waals surface area contributed by atoms with Gasteiger partial charge in [-0.2, -0.15) is 0 Å². The highest BCUT2D eigenvalue weighted by Gasteiger charge is 2.66. The van der Waals surface area contributed by atoms with E-state index in [1.807, 2.05) is 0 Å².